The molecular weight excluding hydrogens is 376 g/mol. The highest BCUT2D eigenvalue weighted by molar-refractivity contribution is 7.98. The van der Waals surface area contributed by atoms with E-state index in [2.05, 4.69) is 20.6 Å². The zero-order chi connectivity index (χ0) is 20.4. The van der Waals surface area contributed by atoms with Gasteiger partial charge in [-0.15, -0.1) is 0 Å². The van der Waals surface area contributed by atoms with E-state index >= 15 is 0 Å². The van der Waals surface area contributed by atoms with Gasteiger partial charge < -0.3 is 32.2 Å². The van der Waals surface area contributed by atoms with Gasteiger partial charge in [0.2, 0.25) is 17.7 Å². The number of aliphatic carboxylic acids is 1. The molecule has 0 fully saturated rings. The molecule has 0 aliphatic carbocycles. The van der Waals surface area contributed by atoms with Crippen LogP contribution < -0.4 is 22.1 Å². The first-order valence-electron chi connectivity index (χ1n) is 8.08. The van der Waals surface area contributed by atoms with Gasteiger partial charge in [-0.05, 0) is 18.4 Å². The van der Waals surface area contributed by atoms with Crippen LogP contribution in [0.2, 0.25) is 0 Å². The van der Waals surface area contributed by atoms with Crippen molar-refractivity contribution in [3.05, 3.63) is 18.2 Å². The highest BCUT2D eigenvalue weighted by atomic mass is 32.2. The lowest BCUT2D eigenvalue weighted by atomic mass is 10.1. The van der Waals surface area contributed by atoms with Crippen molar-refractivity contribution >= 4 is 35.5 Å². The summed E-state index contributed by atoms with van der Waals surface area (Å²) in [7, 11) is 0. The summed E-state index contributed by atoms with van der Waals surface area (Å²) >= 11 is 1.53. The maximum Gasteiger partial charge on any atom is 0.326 e. The van der Waals surface area contributed by atoms with Crippen LogP contribution in [0, 0.1) is 0 Å². The van der Waals surface area contributed by atoms with Crippen molar-refractivity contribution in [3.8, 4) is 0 Å². The maximum absolute atomic E-state index is 12.5. The number of aromatic nitrogens is 2. The molecule has 1 aromatic rings. The number of thioether (sulfide) groups is 1. The highest BCUT2D eigenvalue weighted by Crippen LogP contribution is 2.04. The van der Waals surface area contributed by atoms with Gasteiger partial charge >= 0.3 is 5.97 Å². The fourth-order valence-corrected chi connectivity index (χ4v) is 2.64. The Labute approximate surface area is 160 Å². The molecule has 27 heavy (non-hydrogen) atoms. The third-order valence-corrected chi connectivity index (χ3v) is 4.25. The molecule has 0 saturated heterocycles. The number of hydrogen-bond donors (Lipinski definition) is 6. The Morgan fingerprint density at radius 2 is 1.93 bits per heavy atom. The Hall–Kier alpha value is -2.60. The standard InChI is InChI=1S/C15H24N6O5S/c1-27-3-2-9(16)13(23)20-10(4-8-6-18-7-19-8)14(24)21-11(15(25)26)5-12(17)22/h6-7,9-11H,2-5,16H2,1H3,(H2,17,22)(H,18,19)(H,20,23)(H,21,24)(H,25,26). The van der Waals surface area contributed by atoms with E-state index < -0.39 is 48.2 Å². The molecule has 1 rings (SSSR count). The monoisotopic (exact) mass is 400 g/mol. The number of carbonyl (C=O) groups is 4. The quantitative estimate of drug-likeness (QED) is 0.231. The van der Waals surface area contributed by atoms with E-state index in [1.54, 1.807) is 0 Å². The number of hydrogen-bond acceptors (Lipinski definition) is 7. The molecule has 0 saturated carbocycles. The molecule has 3 atom stereocenters. The third-order valence-electron chi connectivity index (χ3n) is 3.60. The van der Waals surface area contributed by atoms with E-state index in [1.807, 2.05) is 6.26 Å². The van der Waals surface area contributed by atoms with Crippen LogP contribution in [0.15, 0.2) is 12.5 Å². The summed E-state index contributed by atoms with van der Waals surface area (Å²) in [5, 5.41) is 13.9. The smallest absolute Gasteiger partial charge is 0.326 e. The first-order valence-corrected chi connectivity index (χ1v) is 9.47. The molecule has 0 aromatic carbocycles. The Bertz CT molecular complexity index is 653. The summed E-state index contributed by atoms with van der Waals surface area (Å²) in [6.45, 7) is 0. The van der Waals surface area contributed by atoms with E-state index in [4.69, 9.17) is 16.6 Å². The van der Waals surface area contributed by atoms with E-state index in [9.17, 15) is 19.2 Å². The van der Waals surface area contributed by atoms with Gasteiger partial charge in [0, 0.05) is 18.3 Å². The van der Waals surface area contributed by atoms with Crippen LogP contribution in [0.3, 0.4) is 0 Å². The molecule has 0 bridgehead atoms. The number of H-pyrrole nitrogens is 1. The number of nitrogens with zero attached hydrogens (tertiary/aromatic N) is 1. The number of carbonyl (C=O) groups excluding carboxylic acids is 3. The Morgan fingerprint density at radius 3 is 2.44 bits per heavy atom. The molecule has 11 nitrogen and oxygen atoms in total. The lowest BCUT2D eigenvalue weighted by Gasteiger charge is -2.22. The molecule has 12 heteroatoms. The van der Waals surface area contributed by atoms with E-state index in [1.165, 1.54) is 24.3 Å². The number of carboxylic acid groups (broad SMARTS) is 1. The van der Waals surface area contributed by atoms with Gasteiger partial charge in [0.1, 0.15) is 12.1 Å². The SMILES string of the molecule is CSCCC(N)C(=O)NC(Cc1cnc[nH]1)C(=O)NC(CC(N)=O)C(=O)O. The molecule has 0 radical (unpaired) electrons. The van der Waals surface area contributed by atoms with Crippen molar-refractivity contribution in [3.63, 3.8) is 0 Å². The minimum atomic E-state index is -1.50. The highest BCUT2D eigenvalue weighted by Gasteiger charge is 2.29. The summed E-state index contributed by atoms with van der Waals surface area (Å²) < 4.78 is 0. The number of rotatable bonds is 12. The molecule has 3 amide bonds. The summed E-state index contributed by atoms with van der Waals surface area (Å²) in [5.41, 5.74) is 11.4. The second-order valence-electron chi connectivity index (χ2n) is 5.80. The fourth-order valence-electron chi connectivity index (χ4n) is 2.15. The number of nitrogens with two attached hydrogens (primary N) is 2. The first-order chi connectivity index (χ1) is 12.7. The van der Waals surface area contributed by atoms with Crippen molar-refractivity contribution < 1.29 is 24.3 Å². The predicted molar refractivity (Wildman–Crippen MR) is 98.6 cm³/mol. The normalized spacial score (nSPS) is 14.0. The van der Waals surface area contributed by atoms with E-state index in [0.717, 1.165) is 0 Å². The fraction of sp³-hybridized carbons (Fsp3) is 0.533. The van der Waals surface area contributed by atoms with Gasteiger partial charge in [-0.3, -0.25) is 14.4 Å². The molecule has 1 heterocycles. The zero-order valence-corrected chi connectivity index (χ0v) is 15.6. The molecule has 0 aliphatic heterocycles. The van der Waals surface area contributed by atoms with Crippen molar-refractivity contribution in [1.82, 2.24) is 20.6 Å². The summed E-state index contributed by atoms with van der Waals surface area (Å²) in [6, 6.07) is -3.41. The molecule has 8 N–H and O–H groups in total. The number of amides is 3. The molecule has 150 valence electrons. The Balaban J connectivity index is 2.86. The second kappa shape index (κ2) is 11.2. The molecule has 1 aromatic heterocycles. The van der Waals surface area contributed by atoms with Crippen molar-refractivity contribution in [2.45, 2.75) is 37.4 Å². The van der Waals surface area contributed by atoms with Crippen molar-refractivity contribution in [2.75, 3.05) is 12.0 Å². The Kier molecular flexibility index (Phi) is 9.30. The van der Waals surface area contributed by atoms with Gasteiger partial charge in [0.05, 0.1) is 18.8 Å². The van der Waals surface area contributed by atoms with Gasteiger partial charge in [-0.1, -0.05) is 0 Å². The first kappa shape index (κ1) is 22.4. The second-order valence-corrected chi connectivity index (χ2v) is 6.79. The van der Waals surface area contributed by atoms with Gasteiger partial charge in [0.15, 0.2) is 0 Å². The molecule has 0 aliphatic rings. The average molecular weight is 400 g/mol. The van der Waals surface area contributed by atoms with Crippen LogP contribution in [0.25, 0.3) is 0 Å². The van der Waals surface area contributed by atoms with Crippen LogP contribution in [0.4, 0.5) is 0 Å². The van der Waals surface area contributed by atoms with Gasteiger partial charge in [0.25, 0.3) is 0 Å². The third kappa shape index (κ3) is 8.09. The van der Waals surface area contributed by atoms with Crippen LogP contribution in [0.5, 0.6) is 0 Å². The minimum absolute atomic E-state index is 0.0374. The average Bonchev–Trinajstić information content (AvgIpc) is 3.10. The Morgan fingerprint density at radius 1 is 1.26 bits per heavy atom. The van der Waals surface area contributed by atoms with Gasteiger partial charge in [-0.2, -0.15) is 11.8 Å². The van der Waals surface area contributed by atoms with E-state index in [0.29, 0.717) is 17.9 Å². The van der Waals surface area contributed by atoms with Gasteiger partial charge in [-0.25, -0.2) is 9.78 Å². The molecule has 0 spiro atoms. The van der Waals surface area contributed by atoms with Crippen molar-refractivity contribution in [2.24, 2.45) is 11.5 Å². The van der Waals surface area contributed by atoms with Crippen LogP contribution >= 0.6 is 11.8 Å². The number of primary amides is 1. The zero-order valence-electron chi connectivity index (χ0n) is 14.8. The number of aromatic amines is 1. The lowest BCUT2D eigenvalue weighted by molar-refractivity contribution is -0.143. The van der Waals surface area contributed by atoms with Crippen LogP contribution in [0.1, 0.15) is 18.5 Å². The molecule has 3 unspecified atom stereocenters. The number of nitrogens with one attached hydrogen (secondary N) is 3. The largest absolute Gasteiger partial charge is 0.480 e. The van der Waals surface area contributed by atoms with Crippen LogP contribution in [-0.2, 0) is 25.6 Å². The maximum atomic E-state index is 12.5. The number of imidazole rings is 1. The van der Waals surface area contributed by atoms with Crippen molar-refractivity contribution in [1.29, 1.82) is 0 Å². The summed E-state index contributed by atoms with van der Waals surface area (Å²) in [6.07, 6.45) is 4.64. The topological polar surface area (TPSA) is 193 Å². The van der Waals surface area contributed by atoms with Crippen LogP contribution in [-0.4, -0.2) is 68.9 Å². The number of carboxylic acids is 1. The molecular formula is C15H24N6O5S. The predicted octanol–water partition coefficient (Wildman–Crippen LogP) is -2.04. The lowest BCUT2D eigenvalue weighted by Crippen LogP contribution is -2.55. The minimum Gasteiger partial charge on any atom is -0.480 e. The van der Waals surface area contributed by atoms with E-state index in [-0.39, 0.29) is 6.42 Å². The summed E-state index contributed by atoms with van der Waals surface area (Å²) in [4.78, 5) is 53.6. The summed E-state index contributed by atoms with van der Waals surface area (Å²) in [5.74, 6) is -2.93.